The summed E-state index contributed by atoms with van der Waals surface area (Å²) in [5.74, 6) is 0.643. The zero-order valence-corrected chi connectivity index (χ0v) is 22.5. The second kappa shape index (κ2) is 12.7. The summed E-state index contributed by atoms with van der Waals surface area (Å²) in [5, 5.41) is 9.86. The summed E-state index contributed by atoms with van der Waals surface area (Å²) < 4.78 is 11.7. The number of hydrogen-bond acceptors (Lipinski definition) is 6. The number of ketones is 1. The van der Waals surface area contributed by atoms with Crippen molar-refractivity contribution >= 4 is 23.2 Å². The van der Waals surface area contributed by atoms with Gasteiger partial charge in [-0.2, -0.15) is 0 Å². The molecule has 204 valence electrons. The van der Waals surface area contributed by atoms with E-state index in [1.54, 1.807) is 60.7 Å². The molecule has 0 amide bonds. The highest BCUT2D eigenvalue weighted by Gasteiger charge is 2.17. The molecule has 0 fully saturated rings. The normalized spacial score (nSPS) is 11.3. The maximum atomic E-state index is 13.0. The molecule has 0 radical (unpaired) electrons. The first kappa shape index (κ1) is 27.3. The second-order valence-corrected chi connectivity index (χ2v) is 9.38. The predicted molar refractivity (Wildman–Crippen MR) is 157 cm³/mol. The van der Waals surface area contributed by atoms with Crippen LogP contribution < -0.4 is 4.74 Å². The van der Waals surface area contributed by atoms with Crippen molar-refractivity contribution in [2.24, 2.45) is 4.99 Å². The molecule has 1 heterocycles. The van der Waals surface area contributed by atoms with Gasteiger partial charge in [-0.05, 0) is 48.9 Å². The van der Waals surface area contributed by atoms with E-state index in [0.29, 0.717) is 41.5 Å². The molecule has 0 aliphatic heterocycles. The quantitative estimate of drug-likeness (QED) is 0.143. The highest BCUT2D eigenvalue weighted by atomic mass is 16.5. The number of oxazole rings is 1. The number of aryl methyl sites for hydroxylation is 1. The summed E-state index contributed by atoms with van der Waals surface area (Å²) in [7, 11) is 0. The maximum absolute atomic E-state index is 13.0. The topological polar surface area (TPSA) is 102 Å². The Morgan fingerprint density at radius 3 is 2.22 bits per heavy atom. The van der Waals surface area contributed by atoms with E-state index in [1.807, 2.05) is 55.5 Å². The molecule has 0 bridgehead atoms. The summed E-state index contributed by atoms with van der Waals surface area (Å²) in [5.41, 5.74) is 3.63. The molecule has 0 aliphatic carbocycles. The molecule has 0 saturated carbocycles. The SMILES string of the molecule is Cc1oc(-c2ccccc2)nc1CCOc1ccc(CC(=Nc2ccccc2C(=O)c2ccccc2)C(=O)O)cc1. The van der Waals surface area contributed by atoms with Gasteiger partial charge in [0.2, 0.25) is 5.89 Å². The number of nitrogens with zero attached hydrogens (tertiary/aromatic N) is 2. The first-order chi connectivity index (χ1) is 20.0. The Balaban J connectivity index is 1.23. The molecular weight excluding hydrogens is 516 g/mol. The number of carbonyl (C=O) groups excluding carboxylic acids is 1. The highest BCUT2D eigenvalue weighted by Crippen LogP contribution is 2.24. The van der Waals surface area contributed by atoms with Crippen molar-refractivity contribution in [3.05, 3.63) is 137 Å². The van der Waals surface area contributed by atoms with Crippen LogP contribution in [0.25, 0.3) is 11.5 Å². The van der Waals surface area contributed by atoms with Gasteiger partial charge in [0.1, 0.15) is 17.2 Å². The molecule has 4 aromatic carbocycles. The molecule has 7 heteroatoms. The largest absolute Gasteiger partial charge is 0.493 e. The van der Waals surface area contributed by atoms with Crippen LogP contribution in [0.15, 0.2) is 119 Å². The molecule has 1 aromatic heterocycles. The molecule has 7 nitrogen and oxygen atoms in total. The molecular formula is C34H28N2O5. The van der Waals surface area contributed by atoms with Crippen LogP contribution in [0, 0.1) is 6.92 Å². The monoisotopic (exact) mass is 544 g/mol. The summed E-state index contributed by atoms with van der Waals surface area (Å²) in [6.07, 6.45) is 0.671. The molecule has 0 atom stereocenters. The molecule has 0 aliphatic rings. The average Bonchev–Trinajstić information content (AvgIpc) is 3.38. The number of aliphatic imine (C=N–C) groups is 1. The Morgan fingerprint density at radius 2 is 1.51 bits per heavy atom. The van der Waals surface area contributed by atoms with Gasteiger partial charge in [0, 0.05) is 29.5 Å². The molecule has 0 unspecified atom stereocenters. The van der Waals surface area contributed by atoms with E-state index in [1.165, 1.54) is 0 Å². The number of para-hydroxylation sites is 1. The van der Waals surface area contributed by atoms with Crippen LogP contribution in [0.1, 0.15) is 32.9 Å². The predicted octanol–water partition coefficient (Wildman–Crippen LogP) is 6.90. The van der Waals surface area contributed by atoms with Gasteiger partial charge in [-0.1, -0.05) is 72.8 Å². The van der Waals surface area contributed by atoms with Gasteiger partial charge in [-0.25, -0.2) is 14.8 Å². The highest BCUT2D eigenvalue weighted by molar-refractivity contribution is 6.36. The van der Waals surface area contributed by atoms with Crippen LogP contribution in [-0.2, 0) is 17.6 Å². The number of carbonyl (C=O) groups is 2. The van der Waals surface area contributed by atoms with Crippen molar-refractivity contribution in [2.45, 2.75) is 19.8 Å². The summed E-state index contributed by atoms with van der Waals surface area (Å²) >= 11 is 0. The molecule has 5 rings (SSSR count). The van der Waals surface area contributed by atoms with Crippen molar-refractivity contribution in [1.29, 1.82) is 0 Å². The van der Waals surface area contributed by atoms with Gasteiger partial charge in [0.25, 0.3) is 0 Å². The zero-order chi connectivity index (χ0) is 28.6. The van der Waals surface area contributed by atoms with Crippen molar-refractivity contribution in [1.82, 2.24) is 4.98 Å². The van der Waals surface area contributed by atoms with E-state index in [4.69, 9.17) is 9.15 Å². The molecule has 41 heavy (non-hydrogen) atoms. The van der Waals surface area contributed by atoms with Gasteiger partial charge in [0.05, 0.1) is 18.0 Å². The third-order valence-corrected chi connectivity index (χ3v) is 6.50. The minimum atomic E-state index is -1.15. The second-order valence-electron chi connectivity index (χ2n) is 9.38. The minimum absolute atomic E-state index is 0.0669. The van der Waals surface area contributed by atoms with Gasteiger partial charge in [0.15, 0.2) is 5.78 Å². The van der Waals surface area contributed by atoms with Crippen molar-refractivity contribution in [3.63, 3.8) is 0 Å². The van der Waals surface area contributed by atoms with E-state index < -0.39 is 5.97 Å². The van der Waals surface area contributed by atoms with Gasteiger partial charge in [-0.3, -0.25) is 4.79 Å². The third-order valence-electron chi connectivity index (χ3n) is 6.50. The number of aromatic nitrogens is 1. The van der Waals surface area contributed by atoms with E-state index in [-0.39, 0.29) is 17.9 Å². The lowest BCUT2D eigenvalue weighted by molar-refractivity contribution is -0.129. The molecule has 1 N–H and O–H groups in total. The number of carboxylic acid groups (broad SMARTS) is 1. The Labute approximate surface area is 237 Å². The van der Waals surface area contributed by atoms with Gasteiger partial charge in [-0.15, -0.1) is 0 Å². The lowest BCUT2D eigenvalue weighted by atomic mass is 10.0. The zero-order valence-electron chi connectivity index (χ0n) is 22.5. The Kier molecular flexibility index (Phi) is 8.45. The van der Waals surface area contributed by atoms with Crippen LogP contribution in [0.2, 0.25) is 0 Å². The number of benzene rings is 4. The number of carboxylic acids is 1. The van der Waals surface area contributed by atoms with Crippen LogP contribution in [-0.4, -0.2) is 34.2 Å². The molecule has 5 aromatic rings. The van der Waals surface area contributed by atoms with Crippen molar-refractivity contribution < 1.29 is 23.8 Å². The fourth-order valence-corrected chi connectivity index (χ4v) is 4.34. The third kappa shape index (κ3) is 6.83. The fourth-order valence-electron chi connectivity index (χ4n) is 4.34. The van der Waals surface area contributed by atoms with Crippen LogP contribution in [0.3, 0.4) is 0 Å². The number of rotatable bonds is 11. The first-order valence-corrected chi connectivity index (χ1v) is 13.2. The lowest BCUT2D eigenvalue weighted by Crippen LogP contribution is -2.16. The standard InChI is InChI=1S/C34H28N2O5/c1-23-29(36-33(41-23)26-12-6-3-7-13-26)20-21-40-27-18-16-24(17-19-27)22-31(34(38)39)35-30-15-9-8-14-28(30)32(37)25-10-4-2-5-11-25/h2-19H,20-22H2,1H3,(H,38,39). The first-order valence-electron chi connectivity index (χ1n) is 13.2. The lowest BCUT2D eigenvalue weighted by Gasteiger charge is -2.09. The van der Waals surface area contributed by atoms with E-state index in [2.05, 4.69) is 9.98 Å². The van der Waals surface area contributed by atoms with Crippen LogP contribution >= 0.6 is 0 Å². The van der Waals surface area contributed by atoms with Crippen LogP contribution in [0.5, 0.6) is 5.75 Å². The Morgan fingerprint density at radius 1 is 0.854 bits per heavy atom. The maximum Gasteiger partial charge on any atom is 0.350 e. The summed E-state index contributed by atoms with van der Waals surface area (Å²) in [6.45, 7) is 2.30. The van der Waals surface area contributed by atoms with Crippen molar-refractivity contribution in [2.75, 3.05) is 6.61 Å². The Bertz CT molecular complexity index is 1670. The number of hydrogen-bond donors (Lipinski definition) is 1. The summed E-state index contributed by atoms with van der Waals surface area (Å²) in [4.78, 5) is 34.1. The van der Waals surface area contributed by atoms with E-state index >= 15 is 0 Å². The molecule has 0 saturated heterocycles. The molecule has 0 spiro atoms. The van der Waals surface area contributed by atoms with Crippen LogP contribution in [0.4, 0.5) is 5.69 Å². The fraction of sp³-hybridized carbons (Fsp3) is 0.118. The number of ether oxygens (including phenoxy) is 1. The van der Waals surface area contributed by atoms with Crippen molar-refractivity contribution in [3.8, 4) is 17.2 Å². The number of aliphatic carboxylic acids is 1. The van der Waals surface area contributed by atoms with E-state index in [9.17, 15) is 14.7 Å². The summed E-state index contributed by atoms with van der Waals surface area (Å²) in [6, 6.07) is 32.6. The minimum Gasteiger partial charge on any atom is -0.493 e. The Hall–Kier alpha value is -5.30. The van der Waals surface area contributed by atoms with Gasteiger partial charge >= 0.3 is 5.97 Å². The smallest absolute Gasteiger partial charge is 0.350 e. The van der Waals surface area contributed by atoms with Gasteiger partial charge < -0.3 is 14.3 Å². The van der Waals surface area contributed by atoms with E-state index in [0.717, 1.165) is 22.6 Å². The average molecular weight is 545 g/mol.